The standard InChI is InChI=1S/C11H12FN3O2/c12-8-3-1-7(2-4-8)5-10-14-11(17-15-10)9(13)6-16/h1-4,9,16H,5-6,13H2/t9-/m1/s1. The Morgan fingerprint density at radius 3 is 2.71 bits per heavy atom. The first-order valence-corrected chi connectivity index (χ1v) is 5.12. The summed E-state index contributed by atoms with van der Waals surface area (Å²) >= 11 is 0. The second kappa shape index (κ2) is 5.03. The van der Waals surface area contributed by atoms with Crippen LogP contribution in [0.4, 0.5) is 4.39 Å². The average Bonchev–Trinajstić information content (AvgIpc) is 2.80. The highest BCUT2D eigenvalue weighted by molar-refractivity contribution is 5.19. The maximum absolute atomic E-state index is 12.7. The van der Waals surface area contributed by atoms with Crippen LogP contribution in [0, 0.1) is 5.82 Å². The van der Waals surface area contributed by atoms with Gasteiger partial charge in [0.1, 0.15) is 11.9 Å². The Hall–Kier alpha value is -1.79. The first-order valence-electron chi connectivity index (χ1n) is 5.12. The summed E-state index contributed by atoms with van der Waals surface area (Å²) in [7, 11) is 0. The molecule has 0 bridgehead atoms. The van der Waals surface area contributed by atoms with Gasteiger partial charge in [0.25, 0.3) is 0 Å². The van der Waals surface area contributed by atoms with Crippen LogP contribution in [0.25, 0.3) is 0 Å². The third-order valence-electron chi connectivity index (χ3n) is 2.27. The monoisotopic (exact) mass is 237 g/mol. The molecule has 1 aromatic carbocycles. The van der Waals surface area contributed by atoms with Gasteiger partial charge in [-0.15, -0.1) is 0 Å². The molecule has 3 N–H and O–H groups in total. The molecule has 0 aliphatic heterocycles. The molecule has 1 heterocycles. The topological polar surface area (TPSA) is 85.2 Å². The van der Waals surface area contributed by atoms with E-state index in [2.05, 4.69) is 10.1 Å². The highest BCUT2D eigenvalue weighted by Gasteiger charge is 2.13. The second-order valence-electron chi connectivity index (χ2n) is 3.64. The normalized spacial score (nSPS) is 12.6. The van der Waals surface area contributed by atoms with E-state index in [1.165, 1.54) is 12.1 Å². The van der Waals surface area contributed by atoms with Crippen molar-refractivity contribution in [3.63, 3.8) is 0 Å². The van der Waals surface area contributed by atoms with Crippen LogP contribution in [0.1, 0.15) is 23.3 Å². The van der Waals surface area contributed by atoms with E-state index >= 15 is 0 Å². The quantitative estimate of drug-likeness (QED) is 0.821. The maximum atomic E-state index is 12.7. The lowest BCUT2D eigenvalue weighted by atomic mass is 10.1. The average molecular weight is 237 g/mol. The Bertz CT molecular complexity index is 484. The molecule has 0 saturated heterocycles. The van der Waals surface area contributed by atoms with E-state index in [1.54, 1.807) is 12.1 Å². The zero-order chi connectivity index (χ0) is 12.3. The van der Waals surface area contributed by atoms with Gasteiger partial charge in [-0.25, -0.2) is 4.39 Å². The number of aliphatic hydroxyl groups excluding tert-OH is 1. The molecule has 5 nitrogen and oxygen atoms in total. The fraction of sp³-hybridized carbons (Fsp3) is 0.273. The van der Waals surface area contributed by atoms with E-state index < -0.39 is 6.04 Å². The molecule has 17 heavy (non-hydrogen) atoms. The number of benzene rings is 1. The molecule has 90 valence electrons. The number of aromatic nitrogens is 2. The highest BCUT2D eigenvalue weighted by atomic mass is 19.1. The van der Waals surface area contributed by atoms with Crippen molar-refractivity contribution in [2.75, 3.05) is 6.61 Å². The number of nitrogens with two attached hydrogens (primary N) is 1. The van der Waals surface area contributed by atoms with E-state index in [9.17, 15) is 4.39 Å². The molecule has 0 aliphatic rings. The molecular formula is C11H12FN3O2. The predicted octanol–water partition coefficient (Wildman–Crippen LogP) is 0.792. The zero-order valence-electron chi connectivity index (χ0n) is 9.01. The first kappa shape index (κ1) is 11.7. The van der Waals surface area contributed by atoms with Gasteiger partial charge in [0.05, 0.1) is 6.61 Å². The molecule has 6 heteroatoms. The summed E-state index contributed by atoms with van der Waals surface area (Å²) < 4.78 is 17.6. The maximum Gasteiger partial charge on any atom is 0.245 e. The third kappa shape index (κ3) is 2.86. The Balaban J connectivity index is 2.08. The van der Waals surface area contributed by atoms with E-state index in [-0.39, 0.29) is 18.3 Å². The molecule has 0 amide bonds. The lowest BCUT2D eigenvalue weighted by molar-refractivity contribution is 0.236. The summed E-state index contributed by atoms with van der Waals surface area (Å²) in [5.41, 5.74) is 6.40. The van der Waals surface area contributed by atoms with Gasteiger partial charge >= 0.3 is 0 Å². The number of hydrogen-bond acceptors (Lipinski definition) is 5. The summed E-state index contributed by atoms with van der Waals surface area (Å²) in [6, 6.07) is 5.38. The van der Waals surface area contributed by atoms with Crippen LogP contribution in [0.5, 0.6) is 0 Å². The lowest BCUT2D eigenvalue weighted by Gasteiger charge is -1.98. The van der Waals surface area contributed by atoms with Crippen LogP contribution < -0.4 is 5.73 Å². The van der Waals surface area contributed by atoms with Crippen molar-refractivity contribution in [3.8, 4) is 0 Å². The minimum Gasteiger partial charge on any atom is -0.394 e. The summed E-state index contributed by atoms with van der Waals surface area (Å²) in [6.07, 6.45) is 0.432. The first-order chi connectivity index (χ1) is 8.19. The van der Waals surface area contributed by atoms with Gasteiger partial charge in [0, 0.05) is 6.42 Å². The Morgan fingerprint density at radius 2 is 2.06 bits per heavy atom. The van der Waals surface area contributed by atoms with Crippen molar-refractivity contribution in [1.29, 1.82) is 0 Å². The van der Waals surface area contributed by atoms with Crippen LogP contribution in [-0.2, 0) is 6.42 Å². The van der Waals surface area contributed by atoms with Crippen molar-refractivity contribution in [1.82, 2.24) is 10.1 Å². The minimum absolute atomic E-state index is 0.199. The van der Waals surface area contributed by atoms with Gasteiger partial charge in [-0.05, 0) is 17.7 Å². The molecule has 0 aliphatic carbocycles. The van der Waals surface area contributed by atoms with Gasteiger partial charge < -0.3 is 15.4 Å². The SMILES string of the molecule is N[C@H](CO)c1nc(Cc2ccc(F)cc2)no1. The Kier molecular flexibility index (Phi) is 3.46. The van der Waals surface area contributed by atoms with E-state index in [0.29, 0.717) is 12.2 Å². The van der Waals surface area contributed by atoms with Gasteiger partial charge in [-0.3, -0.25) is 0 Å². The Morgan fingerprint density at radius 1 is 1.35 bits per heavy atom. The van der Waals surface area contributed by atoms with E-state index in [1.807, 2.05) is 0 Å². The van der Waals surface area contributed by atoms with Gasteiger partial charge in [0.15, 0.2) is 5.82 Å². The molecule has 0 unspecified atom stereocenters. The number of aliphatic hydroxyl groups is 1. The van der Waals surface area contributed by atoms with Crippen molar-refractivity contribution in [2.24, 2.45) is 5.73 Å². The number of rotatable bonds is 4. The number of nitrogens with zero attached hydrogens (tertiary/aromatic N) is 2. The van der Waals surface area contributed by atoms with Crippen molar-refractivity contribution in [2.45, 2.75) is 12.5 Å². The molecule has 0 saturated carbocycles. The molecule has 1 atom stereocenters. The predicted molar refractivity (Wildman–Crippen MR) is 57.5 cm³/mol. The molecule has 2 rings (SSSR count). The highest BCUT2D eigenvalue weighted by Crippen LogP contribution is 2.11. The lowest BCUT2D eigenvalue weighted by Crippen LogP contribution is -2.14. The summed E-state index contributed by atoms with van der Waals surface area (Å²) in [5.74, 6) is 0.366. The zero-order valence-corrected chi connectivity index (χ0v) is 9.01. The van der Waals surface area contributed by atoms with Crippen LogP contribution in [-0.4, -0.2) is 21.9 Å². The van der Waals surface area contributed by atoms with E-state index in [4.69, 9.17) is 15.4 Å². The molecule has 0 spiro atoms. The van der Waals surface area contributed by atoms with Crippen LogP contribution in [0.3, 0.4) is 0 Å². The molecule has 0 radical (unpaired) electrons. The van der Waals surface area contributed by atoms with Gasteiger partial charge in [-0.1, -0.05) is 17.3 Å². The summed E-state index contributed by atoms with van der Waals surface area (Å²) in [4.78, 5) is 4.04. The fourth-order valence-corrected chi connectivity index (χ4v) is 1.35. The van der Waals surface area contributed by atoms with Gasteiger partial charge in [-0.2, -0.15) is 4.98 Å². The smallest absolute Gasteiger partial charge is 0.245 e. The molecule has 0 fully saturated rings. The largest absolute Gasteiger partial charge is 0.394 e. The minimum atomic E-state index is -0.663. The third-order valence-corrected chi connectivity index (χ3v) is 2.27. The molecular weight excluding hydrogens is 225 g/mol. The fourth-order valence-electron chi connectivity index (χ4n) is 1.35. The number of halogens is 1. The molecule has 2 aromatic rings. The van der Waals surface area contributed by atoms with Crippen molar-refractivity contribution < 1.29 is 14.0 Å². The second-order valence-corrected chi connectivity index (χ2v) is 3.64. The Labute approximate surface area is 97.1 Å². The summed E-state index contributed by atoms with van der Waals surface area (Å²) in [6.45, 7) is -0.252. The van der Waals surface area contributed by atoms with Crippen LogP contribution in [0.15, 0.2) is 28.8 Å². The summed E-state index contributed by atoms with van der Waals surface area (Å²) in [5, 5.41) is 12.6. The van der Waals surface area contributed by atoms with Gasteiger partial charge in [0.2, 0.25) is 5.89 Å². The van der Waals surface area contributed by atoms with Crippen LogP contribution >= 0.6 is 0 Å². The number of hydrogen-bond donors (Lipinski definition) is 2. The van der Waals surface area contributed by atoms with Crippen molar-refractivity contribution >= 4 is 0 Å². The van der Waals surface area contributed by atoms with Crippen molar-refractivity contribution in [3.05, 3.63) is 47.4 Å². The molecule has 1 aromatic heterocycles. The van der Waals surface area contributed by atoms with E-state index in [0.717, 1.165) is 5.56 Å². The van der Waals surface area contributed by atoms with Crippen LogP contribution in [0.2, 0.25) is 0 Å².